The van der Waals surface area contributed by atoms with Crippen LogP contribution in [-0.4, -0.2) is 46.2 Å². The van der Waals surface area contributed by atoms with Gasteiger partial charge in [-0.2, -0.15) is 15.0 Å². The van der Waals surface area contributed by atoms with E-state index in [1.807, 2.05) is 24.3 Å². The van der Waals surface area contributed by atoms with Crippen molar-refractivity contribution in [2.45, 2.75) is 32.2 Å². The molecule has 1 fully saturated rings. The Morgan fingerprint density at radius 3 is 2.82 bits per heavy atom. The number of rotatable bonds is 6. The Morgan fingerprint density at radius 2 is 2.00 bits per heavy atom. The van der Waals surface area contributed by atoms with Crippen molar-refractivity contribution in [2.24, 2.45) is 0 Å². The standard InChI is InChI=1S/C19H22N6O3/c1-27-19-22-16(21-18(23-19)25-9-5-2-6-10-25)12-20-17(26)11-14-13-7-3-4-8-15(13)28-24-14/h3-4,7-8H,2,5-6,9-12H2,1H3,(H,20,26). The Labute approximate surface area is 162 Å². The summed E-state index contributed by atoms with van der Waals surface area (Å²) in [4.78, 5) is 27.6. The number of methoxy groups -OCH3 is 1. The van der Waals surface area contributed by atoms with E-state index in [4.69, 9.17) is 9.26 Å². The third kappa shape index (κ3) is 4.03. The molecule has 9 nitrogen and oxygen atoms in total. The van der Waals surface area contributed by atoms with Gasteiger partial charge in [-0.05, 0) is 31.4 Å². The Balaban J connectivity index is 1.42. The molecular formula is C19H22N6O3. The number of para-hydroxylation sites is 1. The van der Waals surface area contributed by atoms with E-state index in [9.17, 15) is 4.79 Å². The molecule has 4 rings (SSSR count). The summed E-state index contributed by atoms with van der Waals surface area (Å²) in [5, 5.41) is 7.66. The molecule has 0 atom stereocenters. The van der Waals surface area contributed by atoms with E-state index in [0.717, 1.165) is 31.3 Å². The molecule has 3 heterocycles. The SMILES string of the molecule is COc1nc(CNC(=O)Cc2noc3ccccc23)nc(N2CCCCC2)n1. The Bertz CT molecular complexity index is 967. The van der Waals surface area contributed by atoms with Gasteiger partial charge >= 0.3 is 6.01 Å². The van der Waals surface area contributed by atoms with E-state index in [-0.39, 0.29) is 24.9 Å². The quantitative estimate of drug-likeness (QED) is 0.689. The van der Waals surface area contributed by atoms with Crippen LogP contribution in [0.15, 0.2) is 28.8 Å². The molecular weight excluding hydrogens is 360 g/mol. The van der Waals surface area contributed by atoms with E-state index in [2.05, 4.69) is 30.3 Å². The molecule has 1 N–H and O–H groups in total. The van der Waals surface area contributed by atoms with Crippen molar-refractivity contribution in [1.29, 1.82) is 0 Å². The van der Waals surface area contributed by atoms with E-state index < -0.39 is 0 Å². The minimum absolute atomic E-state index is 0.123. The maximum absolute atomic E-state index is 12.4. The summed E-state index contributed by atoms with van der Waals surface area (Å²) in [6, 6.07) is 7.72. The topological polar surface area (TPSA) is 106 Å². The first kappa shape index (κ1) is 18.1. The lowest BCUT2D eigenvalue weighted by atomic mass is 10.1. The van der Waals surface area contributed by atoms with Crippen molar-refractivity contribution in [3.8, 4) is 6.01 Å². The highest BCUT2D eigenvalue weighted by atomic mass is 16.5. The second-order valence-corrected chi connectivity index (χ2v) is 6.66. The van der Waals surface area contributed by atoms with Crippen LogP contribution in [0.25, 0.3) is 11.0 Å². The fraction of sp³-hybridized carbons (Fsp3) is 0.421. The number of carbonyl (C=O) groups is 1. The van der Waals surface area contributed by atoms with Crippen LogP contribution >= 0.6 is 0 Å². The van der Waals surface area contributed by atoms with Crippen LogP contribution < -0.4 is 15.0 Å². The average molecular weight is 382 g/mol. The fourth-order valence-corrected chi connectivity index (χ4v) is 3.25. The van der Waals surface area contributed by atoms with Crippen molar-refractivity contribution < 1.29 is 14.1 Å². The van der Waals surface area contributed by atoms with Gasteiger partial charge in [0.2, 0.25) is 11.9 Å². The molecule has 1 aliphatic rings. The molecule has 1 aromatic carbocycles. The number of anilines is 1. The first-order valence-corrected chi connectivity index (χ1v) is 9.37. The lowest BCUT2D eigenvalue weighted by Gasteiger charge is -2.26. The van der Waals surface area contributed by atoms with Crippen LogP contribution in [0.1, 0.15) is 30.8 Å². The van der Waals surface area contributed by atoms with Gasteiger partial charge in [0.15, 0.2) is 11.4 Å². The zero-order valence-electron chi connectivity index (χ0n) is 15.7. The number of aromatic nitrogens is 4. The summed E-state index contributed by atoms with van der Waals surface area (Å²) in [5.41, 5.74) is 1.27. The number of carbonyl (C=O) groups excluding carboxylic acids is 1. The number of nitrogens with zero attached hydrogens (tertiary/aromatic N) is 5. The molecule has 1 amide bonds. The Kier molecular flexibility index (Phi) is 5.31. The van der Waals surface area contributed by atoms with E-state index in [1.165, 1.54) is 13.5 Å². The van der Waals surface area contributed by atoms with E-state index >= 15 is 0 Å². The lowest BCUT2D eigenvalue weighted by Crippen LogP contribution is -2.32. The van der Waals surface area contributed by atoms with Gasteiger partial charge in [0, 0.05) is 18.5 Å². The third-order valence-electron chi connectivity index (χ3n) is 4.69. The van der Waals surface area contributed by atoms with E-state index in [0.29, 0.717) is 23.0 Å². The first-order valence-electron chi connectivity index (χ1n) is 9.37. The van der Waals surface area contributed by atoms with Crippen molar-refractivity contribution in [1.82, 2.24) is 25.4 Å². The van der Waals surface area contributed by atoms with Crippen LogP contribution in [0.2, 0.25) is 0 Å². The molecule has 0 unspecified atom stereocenters. The van der Waals surface area contributed by atoms with Crippen LogP contribution in [-0.2, 0) is 17.8 Å². The molecule has 0 spiro atoms. The number of nitrogens with one attached hydrogen (secondary N) is 1. The van der Waals surface area contributed by atoms with Gasteiger partial charge in [0.1, 0.15) is 5.69 Å². The second kappa shape index (κ2) is 8.20. The van der Waals surface area contributed by atoms with Crippen molar-refractivity contribution >= 4 is 22.8 Å². The number of ether oxygens (including phenoxy) is 1. The summed E-state index contributed by atoms with van der Waals surface area (Å²) < 4.78 is 10.4. The minimum Gasteiger partial charge on any atom is -0.467 e. The highest BCUT2D eigenvalue weighted by molar-refractivity contribution is 5.86. The predicted octanol–water partition coefficient (Wildman–Crippen LogP) is 1.87. The highest BCUT2D eigenvalue weighted by Gasteiger charge is 2.17. The normalized spacial score (nSPS) is 14.2. The number of hydrogen-bond acceptors (Lipinski definition) is 8. The van der Waals surface area contributed by atoms with Gasteiger partial charge in [0.25, 0.3) is 0 Å². The number of benzene rings is 1. The van der Waals surface area contributed by atoms with Crippen LogP contribution in [0.3, 0.4) is 0 Å². The molecule has 0 saturated carbocycles. The number of piperidine rings is 1. The van der Waals surface area contributed by atoms with Crippen molar-refractivity contribution in [3.63, 3.8) is 0 Å². The van der Waals surface area contributed by atoms with Gasteiger partial charge < -0.3 is 19.5 Å². The van der Waals surface area contributed by atoms with Crippen LogP contribution in [0.4, 0.5) is 5.95 Å². The third-order valence-corrected chi connectivity index (χ3v) is 4.69. The van der Waals surface area contributed by atoms with Crippen LogP contribution in [0.5, 0.6) is 6.01 Å². The second-order valence-electron chi connectivity index (χ2n) is 6.66. The van der Waals surface area contributed by atoms with Gasteiger partial charge in [-0.1, -0.05) is 17.3 Å². The average Bonchev–Trinajstić information content (AvgIpc) is 3.15. The zero-order chi connectivity index (χ0) is 19.3. The van der Waals surface area contributed by atoms with E-state index in [1.54, 1.807) is 0 Å². The van der Waals surface area contributed by atoms with Gasteiger partial charge in [-0.25, -0.2) is 0 Å². The van der Waals surface area contributed by atoms with Gasteiger partial charge in [-0.15, -0.1) is 0 Å². The summed E-state index contributed by atoms with van der Waals surface area (Å²) in [5.74, 6) is 0.877. The predicted molar refractivity (Wildman–Crippen MR) is 102 cm³/mol. The van der Waals surface area contributed by atoms with Crippen molar-refractivity contribution in [3.05, 3.63) is 35.8 Å². The maximum atomic E-state index is 12.4. The Hall–Kier alpha value is -3.23. The smallest absolute Gasteiger partial charge is 0.321 e. The minimum atomic E-state index is -0.182. The molecule has 146 valence electrons. The maximum Gasteiger partial charge on any atom is 0.321 e. The molecule has 1 saturated heterocycles. The molecule has 0 aliphatic carbocycles. The van der Waals surface area contributed by atoms with Gasteiger partial charge in [-0.3, -0.25) is 4.79 Å². The number of fused-ring (bicyclic) bond motifs is 1. The van der Waals surface area contributed by atoms with Crippen molar-refractivity contribution in [2.75, 3.05) is 25.1 Å². The molecule has 3 aromatic rings. The molecule has 9 heteroatoms. The summed E-state index contributed by atoms with van der Waals surface area (Å²) >= 11 is 0. The largest absolute Gasteiger partial charge is 0.467 e. The zero-order valence-corrected chi connectivity index (χ0v) is 15.7. The molecule has 2 aromatic heterocycles. The number of amides is 1. The fourth-order valence-electron chi connectivity index (χ4n) is 3.25. The van der Waals surface area contributed by atoms with Crippen LogP contribution in [0, 0.1) is 0 Å². The molecule has 0 radical (unpaired) electrons. The highest BCUT2D eigenvalue weighted by Crippen LogP contribution is 2.19. The molecule has 1 aliphatic heterocycles. The first-order chi connectivity index (χ1) is 13.7. The number of hydrogen-bond donors (Lipinski definition) is 1. The molecule has 0 bridgehead atoms. The molecule has 28 heavy (non-hydrogen) atoms. The Morgan fingerprint density at radius 1 is 1.18 bits per heavy atom. The lowest BCUT2D eigenvalue weighted by molar-refractivity contribution is -0.120. The summed E-state index contributed by atoms with van der Waals surface area (Å²) in [6.45, 7) is 2.02. The van der Waals surface area contributed by atoms with Gasteiger partial charge in [0.05, 0.1) is 20.1 Å². The summed E-state index contributed by atoms with van der Waals surface area (Å²) in [7, 11) is 1.52. The monoisotopic (exact) mass is 382 g/mol. The summed E-state index contributed by atoms with van der Waals surface area (Å²) in [6.07, 6.45) is 3.58.